The SMILES string of the molecule is NCC(=O)N[C@@H](CCCN=C(N)N)C(=O)N1CCC[C@H]1C(=O)NC(=O)[C@@H]1CSSC2(CCCCC2)CC(=O)N[C@@H](Cc2ccccc2)CC(=O)N[C@@H](Cc2ccccc2)C(=O)N[C@@H](CCC(N)=O)C(=O)N[C@@H](CC(N)=O)C(=O)N1. The van der Waals surface area contributed by atoms with E-state index in [1.807, 2.05) is 30.3 Å². The molecule has 1 saturated carbocycles. The molecule has 3 fully saturated rings. The Kier molecular flexibility index (Phi) is 24.8. The van der Waals surface area contributed by atoms with E-state index in [4.69, 9.17) is 28.7 Å². The fourth-order valence-corrected chi connectivity index (χ4v) is 13.0. The molecule has 3 aliphatic rings. The molecule has 27 heteroatoms. The first-order valence-electron chi connectivity index (χ1n) is 26.4. The minimum absolute atomic E-state index is 0.00426. The molecule has 5 rings (SSSR count). The standard InChI is InChI=1S/C52H74N14O11S2/c53-29-44(71)60-35(16-10-22-58-51(56)57)50(77)66-23-11-17-39(66)49(76)65-48(75)38-30-78-79-52(20-8-3-9-21-52)28-43(70)59-33(24-31-12-4-1-5-13-31)26-42(69)61-36(25-32-14-6-2-7-15-32)46(73)62-34(18-19-40(54)67)45(72)63-37(27-41(55)68)47(74)64-38/h1-2,4-7,12-15,33-39H,3,8-11,16-30,53H2,(H2,54,67)(H2,55,68)(H,59,70)(H,60,71)(H,61,69)(H,62,73)(H,63,72)(H,64,74)(H4,56,57,58)(H,65,75,76)/t33-,34-,35-,36-,37-,38-,39-/m0/s1. The molecule has 11 amide bonds. The molecule has 0 aromatic heterocycles. The number of amides is 11. The highest BCUT2D eigenvalue weighted by molar-refractivity contribution is 8.77. The molecule has 2 aromatic carbocycles. The molecule has 79 heavy (non-hydrogen) atoms. The van der Waals surface area contributed by atoms with Crippen LogP contribution in [0, 0.1) is 0 Å². The van der Waals surface area contributed by atoms with Crippen molar-refractivity contribution in [3.8, 4) is 0 Å². The van der Waals surface area contributed by atoms with Gasteiger partial charge in [-0.25, -0.2) is 0 Å². The van der Waals surface area contributed by atoms with Crippen LogP contribution in [-0.4, -0.2) is 148 Å². The summed E-state index contributed by atoms with van der Waals surface area (Å²) in [5.74, 6) is -9.42. The lowest BCUT2D eigenvalue weighted by Gasteiger charge is -2.36. The van der Waals surface area contributed by atoms with Gasteiger partial charge in [0.1, 0.15) is 36.3 Å². The highest BCUT2D eigenvalue weighted by Crippen LogP contribution is 2.48. The molecule has 17 N–H and O–H groups in total. The Balaban J connectivity index is 1.49. The Bertz CT molecular complexity index is 2520. The number of carbonyl (C=O) groups is 11. The molecule has 25 nitrogen and oxygen atoms in total. The highest BCUT2D eigenvalue weighted by atomic mass is 33.1. The number of aliphatic imine (C=N–C) groups is 1. The van der Waals surface area contributed by atoms with Gasteiger partial charge >= 0.3 is 0 Å². The van der Waals surface area contributed by atoms with Crippen LogP contribution in [0.15, 0.2) is 65.7 Å². The van der Waals surface area contributed by atoms with E-state index >= 15 is 0 Å². The number of hydrogen-bond acceptors (Lipinski definition) is 15. The first-order chi connectivity index (χ1) is 37.7. The largest absolute Gasteiger partial charge is 0.370 e. The van der Waals surface area contributed by atoms with E-state index in [9.17, 15) is 52.7 Å². The number of carbonyl (C=O) groups excluding carboxylic acids is 11. The second-order valence-corrected chi connectivity index (χ2v) is 22.7. The summed E-state index contributed by atoms with van der Waals surface area (Å²) >= 11 is 0. The predicted molar refractivity (Wildman–Crippen MR) is 296 cm³/mol. The van der Waals surface area contributed by atoms with E-state index in [0.717, 1.165) is 35.6 Å². The number of hydrogen-bond donors (Lipinski definition) is 12. The fourth-order valence-electron chi connectivity index (χ4n) is 9.67. The zero-order chi connectivity index (χ0) is 57.5. The summed E-state index contributed by atoms with van der Waals surface area (Å²) in [5, 5.41) is 18.4. The minimum atomic E-state index is -1.79. The second-order valence-electron chi connectivity index (χ2n) is 19.9. The fraction of sp³-hybridized carbons (Fsp3) is 0.538. The first-order valence-corrected chi connectivity index (χ1v) is 28.7. The number of nitrogens with two attached hydrogens (primary N) is 5. The molecular formula is C52H74N14O11S2. The van der Waals surface area contributed by atoms with Crippen molar-refractivity contribution >= 4 is 92.5 Å². The van der Waals surface area contributed by atoms with Gasteiger partial charge in [-0.3, -0.25) is 63.0 Å². The zero-order valence-corrected chi connectivity index (χ0v) is 45.7. The van der Waals surface area contributed by atoms with Crippen LogP contribution < -0.4 is 65.9 Å². The lowest BCUT2D eigenvalue weighted by molar-refractivity contribution is -0.143. The number of likely N-dealkylation sites (tertiary alicyclic amines) is 1. The molecule has 2 heterocycles. The number of benzene rings is 2. The summed E-state index contributed by atoms with van der Waals surface area (Å²) in [4.78, 5) is 156. The van der Waals surface area contributed by atoms with Gasteiger partial charge in [-0.1, -0.05) is 102 Å². The van der Waals surface area contributed by atoms with Crippen LogP contribution >= 0.6 is 21.6 Å². The van der Waals surface area contributed by atoms with Crippen LogP contribution in [0.25, 0.3) is 0 Å². The molecule has 0 radical (unpaired) electrons. The molecule has 0 unspecified atom stereocenters. The summed E-state index contributed by atoms with van der Waals surface area (Å²) in [6.45, 7) is -0.184. The summed E-state index contributed by atoms with van der Waals surface area (Å²) in [5.41, 5.74) is 29.0. The maximum absolute atomic E-state index is 14.4. The Morgan fingerprint density at radius 1 is 0.722 bits per heavy atom. The third-order valence-electron chi connectivity index (χ3n) is 13.6. The molecule has 2 saturated heterocycles. The van der Waals surface area contributed by atoms with Crippen LogP contribution in [0.2, 0.25) is 0 Å². The van der Waals surface area contributed by atoms with Crippen molar-refractivity contribution in [3.05, 3.63) is 71.8 Å². The molecule has 1 spiro atoms. The van der Waals surface area contributed by atoms with Crippen LogP contribution in [-0.2, 0) is 65.6 Å². The van der Waals surface area contributed by atoms with Gasteiger partial charge in [-0.2, -0.15) is 0 Å². The lowest BCUT2D eigenvalue weighted by atomic mass is 9.85. The third kappa shape index (κ3) is 20.8. The van der Waals surface area contributed by atoms with Crippen LogP contribution in [0.3, 0.4) is 0 Å². The van der Waals surface area contributed by atoms with Crippen molar-refractivity contribution in [1.29, 1.82) is 0 Å². The summed E-state index contributed by atoms with van der Waals surface area (Å²) < 4.78 is -0.697. The number of nitrogens with one attached hydrogen (secondary N) is 7. The number of guanidine groups is 1. The maximum atomic E-state index is 14.4. The quantitative estimate of drug-likeness (QED) is 0.0254. The molecule has 1 aliphatic carbocycles. The summed E-state index contributed by atoms with van der Waals surface area (Å²) in [6.07, 6.45) is 2.79. The Morgan fingerprint density at radius 3 is 1.99 bits per heavy atom. The lowest BCUT2D eigenvalue weighted by Crippen LogP contribution is -2.60. The third-order valence-corrected chi connectivity index (χ3v) is 16.9. The van der Waals surface area contributed by atoms with Crippen molar-refractivity contribution in [2.45, 2.75) is 150 Å². The van der Waals surface area contributed by atoms with Crippen molar-refractivity contribution in [1.82, 2.24) is 42.1 Å². The van der Waals surface area contributed by atoms with Gasteiger partial charge in [0.25, 0.3) is 0 Å². The predicted octanol–water partition coefficient (Wildman–Crippen LogP) is -1.95. The van der Waals surface area contributed by atoms with Crippen LogP contribution in [0.5, 0.6) is 0 Å². The van der Waals surface area contributed by atoms with Crippen molar-refractivity contribution < 1.29 is 52.7 Å². The molecule has 430 valence electrons. The topological polar surface area (TPSA) is 418 Å². The average molecular weight is 1140 g/mol. The van der Waals surface area contributed by atoms with E-state index in [1.54, 1.807) is 30.3 Å². The van der Waals surface area contributed by atoms with Gasteiger partial charge in [0, 0.05) is 55.3 Å². The van der Waals surface area contributed by atoms with Crippen LogP contribution in [0.1, 0.15) is 101 Å². The van der Waals surface area contributed by atoms with E-state index in [-0.39, 0.29) is 75.7 Å². The maximum Gasteiger partial charge on any atom is 0.250 e. The average Bonchev–Trinajstić information content (AvgIpc) is 3.98. The van der Waals surface area contributed by atoms with Gasteiger partial charge in [-0.05, 0) is 62.5 Å². The highest BCUT2D eigenvalue weighted by Gasteiger charge is 2.41. The monoisotopic (exact) mass is 1130 g/mol. The Morgan fingerprint density at radius 2 is 1.35 bits per heavy atom. The van der Waals surface area contributed by atoms with Crippen molar-refractivity contribution in [2.24, 2.45) is 33.7 Å². The molecular weight excluding hydrogens is 1060 g/mol. The Hall–Kier alpha value is -7.26. The zero-order valence-electron chi connectivity index (χ0n) is 44.0. The number of rotatable bonds is 18. The van der Waals surface area contributed by atoms with Gasteiger partial charge in [0.15, 0.2) is 5.96 Å². The number of imide groups is 1. The molecule has 7 atom stereocenters. The van der Waals surface area contributed by atoms with E-state index in [0.29, 0.717) is 24.8 Å². The van der Waals surface area contributed by atoms with E-state index in [1.165, 1.54) is 15.7 Å². The minimum Gasteiger partial charge on any atom is -0.370 e. The van der Waals surface area contributed by atoms with E-state index in [2.05, 4.69) is 42.2 Å². The first kappa shape index (κ1) is 62.6. The second kappa shape index (κ2) is 31.4. The molecule has 2 aliphatic heterocycles. The van der Waals surface area contributed by atoms with E-state index < -0.39 is 132 Å². The van der Waals surface area contributed by atoms with Crippen molar-refractivity contribution in [2.75, 3.05) is 25.4 Å². The molecule has 2 aromatic rings. The Labute approximate surface area is 466 Å². The summed E-state index contributed by atoms with van der Waals surface area (Å²) in [6, 6.07) is 8.59. The van der Waals surface area contributed by atoms with Gasteiger partial charge in [0.05, 0.1) is 13.0 Å². The summed E-state index contributed by atoms with van der Waals surface area (Å²) in [7, 11) is 2.48. The van der Waals surface area contributed by atoms with Crippen LogP contribution in [0.4, 0.5) is 0 Å². The van der Waals surface area contributed by atoms with Gasteiger partial charge in [0.2, 0.25) is 65.0 Å². The van der Waals surface area contributed by atoms with Gasteiger partial charge < -0.3 is 65.5 Å². The van der Waals surface area contributed by atoms with Crippen molar-refractivity contribution in [3.63, 3.8) is 0 Å². The smallest absolute Gasteiger partial charge is 0.250 e. The normalized spacial score (nSPS) is 22.9. The number of nitrogens with zero attached hydrogens (tertiary/aromatic N) is 2. The molecule has 0 bridgehead atoms. The number of primary amides is 2. The van der Waals surface area contributed by atoms with Gasteiger partial charge in [-0.15, -0.1) is 0 Å².